The first kappa shape index (κ1) is 19.3. The summed E-state index contributed by atoms with van der Waals surface area (Å²) in [6, 6.07) is 4.81. The number of hydrogen-bond donors (Lipinski definition) is 1. The average molecular weight is 393 g/mol. The molecule has 1 saturated carbocycles. The molecular formula is C16H22Cl2N2O3S. The molecule has 0 aromatic heterocycles. The molecule has 1 aliphatic rings. The molecule has 1 aliphatic carbocycles. The smallest absolute Gasteiger partial charge is 0.232 e. The lowest BCUT2D eigenvalue weighted by Crippen LogP contribution is -2.39. The number of benzene rings is 1. The molecule has 1 fully saturated rings. The van der Waals surface area contributed by atoms with E-state index in [9.17, 15) is 13.2 Å². The van der Waals surface area contributed by atoms with Crippen LogP contribution in [0.2, 0.25) is 10.0 Å². The molecule has 0 bridgehead atoms. The maximum absolute atomic E-state index is 12.1. The van der Waals surface area contributed by atoms with Crippen molar-refractivity contribution in [1.82, 2.24) is 5.32 Å². The van der Waals surface area contributed by atoms with E-state index in [1.807, 2.05) is 0 Å². The third-order valence-electron chi connectivity index (χ3n) is 4.09. The molecule has 1 amide bonds. The minimum Gasteiger partial charge on any atom is -0.353 e. The van der Waals surface area contributed by atoms with Gasteiger partial charge in [-0.15, -0.1) is 0 Å². The van der Waals surface area contributed by atoms with Gasteiger partial charge in [0.05, 0.1) is 17.0 Å². The second-order valence-corrected chi connectivity index (χ2v) is 8.83. The monoisotopic (exact) mass is 392 g/mol. The number of carbonyl (C=O) groups excluding carboxylic acids is 1. The lowest BCUT2D eigenvalue weighted by molar-refractivity contribution is -0.121. The Bertz CT molecular complexity index is 689. The third kappa shape index (κ3) is 5.53. The zero-order valence-electron chi connectivity index (χ0n) is 13.6. The Hall–Kier alpha value is -0.980. The number of nitrogens with one attached hydrogen (secondary N) is 1. The summed E-state index contributed by atoms with van der Waals surface area (Å²) in [5.41, 5.74) is 0.328. The van der Waals surface area contributed by atoms with Crippen molar-refractivity contribution in [2.75, 3.05) is 17.1 Å². The summed E-state index contributed by atoms with van der Waals surface area (Å²) in [6.45, 7) is 0.0404. The van der Waals surface area contributed by atoms with Gasteiger partial charge >= 0.3 is 0 Å². The van der Waals surface area contributed by atoms with E-state index in [2.05, 4.69) is 5.32 Å². The molecule has 8 heteroatoms. The van der Waals surface area contributed by atoms with Crippen molar-refractivity contribution < 1.29 is 13.2 Å². The normalized spacial score (nSPS) is 16.0. The van der Waals surface area contributed by atoms with Gasteiger partial charge in [-0.1, -0.05) is 42.5 Å². The molecule has 1 aromatic rings. The molecule has 0 aliphatic heterocycles. The Balaban J connectivity index is 2.03. The zero-order valence-corrected chi connectivity index (χ0v) is 15.9. The van der Waals surface area contributed by atoms with Crippen LogP contribution in [0.25, 0.3) is 0 Å². The van der Waals surface area contributed by atoms with Crippen LogP contribution in [0.15, 0.2) is 18.2 Å². The minimum absolute atomic E-state index is 0.0404. The van der Waals surface area contributed by atoms with Gasteiger partial charge in [0.25, 0.3) is 0 Å². The minimum atomic E-state index is -3.56. The van der Waals surface area contributed by atoms with E-state index in [1.54, 1.807) is 12.1 Å². The van der Waals surface area contributed by atoms with Crippen LogP contribution in [0.4, 0.5) is 5.69 Å². The van der Waals surface area contributed by atoms with Crippen LogP contribution >= 0.6 is 23.2 Å². The fraction of sp³-hybridized carbons (Fsp3) is 0.562. The molecule has 24 heavy (non-hydrogen) atoms. The van der Waals surface area contributed by atoms with Crippen molar-refractivity contribution in [3.63, 3.8) is 0 Å². The van der Waals surface area contributed by atoms with Gasteiger partial charge in [0.15, 0.2) is 0 Å². The van der Waals surface area contributed by atoms with E-state index in [1.165, 1.54) is 12.5 Å². The number of carbonyl (C=O) groups is 1. The maximum Gasteiger partial charge on any atom is 0.232 e. The van der Waals surface area contributed by atoms with Gasteiger partial charge in [-0.25, -0.2) is 8.42 Å². The van der Waals surface area contributed by atoms with Crippen LogP contribution in [0.5, 0.6) is 0 Å². The van der Waals surface area contributed by atoms with E-state index in [4.69, 9.17) is 23.2 Å². The zero-order chi connectivity index (χ0) is 17.7. The van der Waals surface area contributed by atoms with Crippen molar-refractivity contribution in [3.05, 3.63) is 28.2 Å². The van der Waals surface area contributed by atoms with Gasteiger partial charge in [0.2, 0.25) is 15.9 Å². The van der Waals surface area contributed by atoms with Crippen molar-refractivity contribution in [1.29, 1.82) is 0 Å². The molecule has 1 N–H and O–H groups in total. The lowest BCUT2D eigenvalue weighted by Gasteiger charge is -2.25. The molecular weight excluding hydrogens is 371 g/mol. The average Bonchev–Trinajstić information content (AvgIpc) is 2.49. The Kier molecular flexibility index (Phi) is 6.78. The third-order valence-corrected chi connectivity index (χ3v) is 5.81. The van der Waals surface area contributed by atoms with Crippen molar-refractivity contribution in [3.8, 4) is 0 Å². The van der Waals surface area contributed by atoms with Crippen LogP contribution in [0, 0.1) is 0 Å². The predicted octanol–water partition coefficient (Wildman–Crippen LogP) is 3.60. The molecule has 0 radical (unpaired) electrons. The number of nitrogens with zero attached hydrogens (tertiary/aromatic N) is 1. The highest BCUT2D eigenvalue weighted by molar-refractivity contribution is 7.92. The van der Waals surface area contributed by atoms with E-state index < -0.39 is 10.0 Å². The summed E-state index contributed by atoms with van der Waals surface area (Å²) in [6.07, 6.45) is 6.62. The topological polar surface area (TPSA) is 66.5 Å². The summed E-state index contributed by atoms with van der Waals surface area (Å²) in [5, 5.41) is 3.65. The van der Waals surface area contributed by atoms with E-state index in [0.717, 1.165) is 36.2 Å². The highest BCUT2D eigenvalue weighted by Gasteiger charge is 2.22. The summed E-state index contributed by atoms with van der Waals surface area (Å²) in [7, 11) is -3.56. The molecule has 0 saturated heterocycles. The predicted molar refractivity (Wildman–Crippen MR) is 98.3 cm³/mol. The molecule has 134 valence electrons. The summed E-state index contributed by atoms with van der Waals surface area (Å²) in [5.74, 6) is -0.138. The summed E-state index contributed by atoms with van der Waals surface area (Å²) >= 11 is 12.0. The standard InChI is InChI=1S/C16H22Cl2N2O3S/c1-24(22,23)20(15-8-7-12(17)11-14(15)18)10-9-16(21)19-13-5-3-2-4-6-13/h7-8,11,13H,2-6,9-10H2,1H3,(H,19,21). The number of rotatable bonds is 6. The first-order valence-corrected chi connectivity index (χ1v) is 10.6. The molecule has 1 aromatic carbocycles. The van der Waals surface area contributed by atoms with Gasteiger partial charge in [-0.2, -0.15) is 0 Å². The highest BCUT2D eigenvalue weighted by atomic mass is 35.5. The van der Waals surface area contributed by atoms with Crippen LogP contribution in [-0.2, 0) is 14.8 Å². The van der Waals surface area contributed by atoms with Crippen molar-refractivity contribution in [2.24, 2.45) is 0 Å². The first-order chi connectivity index (χ1) is 11.3. The number of amides is 1. The van der Waals surface area contributed by atoms with Crippen molar-refractivity contribution in [2.45, 2.75) is 44.6 Å². The van der Waals surface area contributed by atoms with Gasteiger partial charge in [-0.05, 0) is 31.0 Å². The van der Waals surface area contributed by atoms with E-state index in [-0.39, 0.29) is 29.9 Å². The van der Waals surface area contributed by atoms with Crippen LogP contribution in [0.3, 0.4) is 0 Å². The van der Waals surface area contributed by atoms with Crippen molar-refractivity contribution >= 4 is 44.8 Å². The Morgan fingerprint density at radius 2 is 1.92 bits per heavy atom. The van der Waals surface area contributed by atoms with E-state index >= 15 is 0 Å². The number of hydrogen-bond acceptors (Lipinski definition) is 3. The number of sulfonamides is 1. The largest absolute Gasteiger partial charge is 0.353 e. The number of halogens is 2. The van der Waals surface area contributed by atoms with Gasteiger partial charge in [0, 0.05) is 24.0 Å². The van der Waals surface area contributed by atoms with Gasteiger partial charge in [-0.3, -0.25) is 9.10 Å². The molecule has 2 rings (SSSR count). The highest BCUT2D eigenvalue weighted by Crippen LogP contribution is 2.30. The maximum atomic E-state index is 12.1. The second kappa shape index (κ2) is 8.41. The second-order valence-electron chi connectivity index (χ2n) is 6.08. The van der Waals surface area contributed by atoms with Gasteiger partial charge < -0.3 is 5.32 Å². The SMILES string of the molecule is CS(=O)(=O)N(CCC(=O)NC1CCCCC1)c1ccc(Cl)cc1Cl. The fourth-order valence-corrected chi connectivity index (χ4v) is 4.40. The number of anilines is 1. The van der Waals surface area contributed by atoms with Crippen LogP contribution in [-0.4, -0.2) is 33.2 Å². The fourth-order valence-electron chi connectivity index (χ4n) is 2.90. The Morgan fingerprint density at radius 3 is 2.50 bits per heavy atom. The first-order valence-electron chi connectivity index (χ1n) is 7.99. The molecule has 0 unspecified atom stereocenters. The molecule has 5 nitrogen and oxygen atoms in total. The molecule has 0 atom stereocenters. The quantitative estimate of drug-likeness (QED) is 0.803. The van der Waals surface area contributed by atoms with Crippen LogP contribution in [0.1, 0.15) is 38.5 Å². The summed E-state index contributed by atoms with van der Waals surface area (Å²) in [4.78, 5) is 12.1. The Labute approximate surface area is 153 Å². The van der Waals surface area contributed by atoms with E-state index in [0.29, 0.717) is 10.7 Å². The summed E-state index contributed by atoms with van der Waals surface area (Å²) < 4.78 is 25.3. The van der Waals surface area contributed by atoms with Crippen LogP contribution < -0.4 is 9.62 Å². The molecule has 0 heterocycles. The van der Waals surface area contributed by atoms with Gasteiger partial charge in [0.1, 0.15) is 0 Å². The molecule has 0 spiro atoms. The Morgan fingerprint density at radius 1 is 1.25 bits per heavy atom. The lowest BCUT2D eigenvalue weighted by atomic mass is 9.95.